The summed E-state index contributed by atoms with van der Waals surface area (Å²) in [4.78, 5) is 6.22. The number of rotatable bonds is 9. The van der Waals surface area contributed by atoms with Gasteiger partial charge in [0, 0.05) is 36.6 Å². The van der Waals surface area contributed by atoms with Gasteiger partial charge in [0.25, 0.3) is 0 Å². The van der Waals surface area contributed by atoms with Crippen LogP contribution in [-0.2, 0) is 0 Å². The highest BCUT2D eigenvalue weighted by Crippen LogP contribution is 2.17. The molecule has 0 aliphatic carbocycles. The molecule has 0 saturated heterocycles. The second-order valence-corrected chi connectivity index (χ2v) is 6.41. The molecule has 0 aliphatic rings. The molecule has 1 N–H and O–H groups in total. The lowest BCUT2D eigenvalue weighted by Crippen LogP contribution is -2.43. The standard InChI is InChI=1S/C15H29N3S/c1-6-18(13(2)12-17(4)5)10-9-16-14(3)15-8-7-11-19-15/h7-8,11,13-14,16H,6,9-10,12H2,1-5H3. The Kier molecular flexibility index (Phi) is 7.61. The third-order valence-corrected chi connectivity index (χ3v) is 4.53. The van der Waals surface area contributed by atoms with Crippen LogP contribution < -0.4 is 5.32 Å². The fraction of sp³-hybridized carbons (Fsp3) is 0.733. The average Bonchev–Trinajstić information content (AvgIpc) is 2.87. The zero-order valence-corrected chi connectivity index (χ0v) is 13.8. The van der Waals surface area contributed by atoms with Crippen molar-refractivity contribution in [2.45, 2.75) is 32.9 Å². The van der Waals surface area contributed by atoms with Crippen molar-refractivity contribution in [3.63, 3.8) is 0 Å². The molecule has 0 saturated carbocycles. The summed E-state index contributed by atoms with van der Waals surface area (Å²) in [5, 5.41) is 5.76. The first-order chi connectivity index (χ1) is 9.04. The van der Waals surface area contributed by atoms with Crippen LogP contribution in [0.15, 0.2) is 17.5 Å². The van der Waals surface area contributed by atoms with Crippen molar-refractivity contribution in [1.82, 2.24) is 15.1 Å². The van der Waals surface area contributed by atoms with Crippen LogP contribution in [0.1, 0.15) is 31.7 Å². The second kappa shape index (κ2) is 8.69. The molecule has 0 amide bonds. The van der Waals surface area contributed by atoms with E-state index < -0.39 is 0 Å². The van der Waals surface area contributed by atoms with Crippen LogP contribution in [0.2, 0.25) is 0 Å². The zero-order chi connectivity index (χ0) is 14.3. The van der Waals surface area contributed by atoms with Gasteiger partial charge in [0.1, 0.15) is 0 Å². The Labute approximate surface area is 122 Å². The van der Waals surface area contributed by atoms with Crippen LogP contribution in [0.25, 0.3) is 0 Å². The molecule has 1 heterocycles. The molecule has 2 unspecified atom stereocenters. The van der Waals surface area contributed by atoms with E-state index in [1.165, 1.54) is 4.88 Å². The normalized spacial score (nSPS) is 15.1. The summed E-state index contributed by atoms with van der Waals surface area (Å²) in [6.07, 6.45) is 0. The van der Waals surface area contributed by atoms with Crippen LogP contribution in [0.4, 0.5) is 0 Å². The van der Waals surface area contributed by atoms with E-state index in [1.807, 2.05) is 11.3 Å². The molecule has 1 rings (SSSR count). The molecule has 1 aromatic heterocycles. The minimum Gasteiger partial charge on any atom is -0.308 e. The van der Waals surface area contributed by atoms with Gasteiger partial charge in [-0.05, 0) is 45.9 Å². The summed E-state index contributed by atoms with van der Waals surface area (Å²) >= 11 is 1.83. The Morgan fingerprint density at radius 2 is 2.05 bits per heavy atom. The van der Waals surface area contributed by atoms with Crippen molar-refractivity contribution in [1.29, 1.82) is 0 Å². The lowest BCUT2D eigenvalue weighted by atomic mass is 10.2. The summed E-state index contributed by atoms with van der Waals surface area (Å²) in [5.74, 6) is 0. The van der Waals surface area contributed by atoms with Gasteiger partial charge in [0.15, 0.2) is 0 Å². The van der Waals surface area contributed by atoms with Gasteiger partial charge in [-0.2, -0.15) is 0 Å². The largest absolute Gasteiger partial charge is 0.308 e. The van der Waals surface area contributed by atoms with Gasteiger partial charge >= 0.3 is 0 Å². The SMILES string of the molecule is CCN(CCNC(C)c1cccs1)C(C)CN(C)C. The Morgan fingerprint density at radius 3 is 2.58 bits per heavy atom. The summed E-state index contributed by atoms with van der Waals surface area (Å²) in [6, 6.07) is 5.39. The maximum Gasteiger partial charge on any atom is 0.0386 e. The monoisotopic (exact) mass is 283 g/mol. The Bertz CT molecular complexity index is 324. The maximum absolute atomic E-state index is 3.61. The van der Waals surface area contributed by atoms with Gasteiger partial charge in [0.2, 0.25) is 0 Å². The number of thiophene rings is 1. The molecule has 0 bridgehead atoms. The fourth-order valence-electron chi connectivity index (χ4n) is 2.40. The van der Waals surface area contributed by atoms with Gasteiger partial charge in [0.05, 0.1) is 0 Å². The predicted octanol–water partition coefficient (Wildman–Crippen LogP) is 2.67. The van der Waals surface area contributed by atoms with Gasteiger partial charge in [-0.1, -0.05) is 13.0 Å². The van der Waals surface area contributed by atoms with E-state index in [-0.39, 0.29) is 0 Å². The molecule has 0 aromatic carbocycles. The van der Waals surface area contributed by atoms with E-state index in [2.05, 4.69) is 67.5 Å². The van der Waals surface area contributed by atoms with E-state index in [0.29, 0.717) is 12.1 Å². The molecule has 1 aromatic rings. The van der Waals surface area contributed by atoms with Crippen LogP contribution in [-0.4, -0.2) is 56.1 Å². The number of likely N-dealkylation sites (N-methyl/N-ethyl adjacent to an activating group) is 2. The van der Waals surface area contributed by atoms with Gasteiger partial charge in [-0.3, -0.25) is 4.90 Å². The molecule has 19 heavy (non-hydrogen) atoms. The molecule has 0 fully saturated rings. The third-order valence-electron chi connectivity index (χ3n) is 3.48. The first kappa shape index (κ1) is 16.6. The number of hydrogen-bond donors (Lipinski definition) is 1. The van der Waals surface area contributed by atoms with Crippen molar-refractivity contribution in [3.05, 3.63) is 22.4 Å². The fourth-order valence-corrected chi connectivity index (χ4v) is 3.16. The van der Waals surface area contributed by atoms with Crippen LogP contribution in [0.3, 0.4) is 0 Å². The van der Waals surface area contributed by atoms with Crippen LogP contribution >= 0.6 is 11.3 Å². The van der Waals surface area contributed by atoms with Crippen molar-refractivity contribution in [2.75, 3.05) is 40.3 Å². The summed E-state index contributed by atoms with van der Waals surface area (Å²) in [7, 11) is 4.28. The lowest BCUT2D eigenvalue weighted by Gasteiger charge is -2.30. The highest BCUT2D eigenvalue weighted by atomic mass is 32.1. The topological polar surface area (TPSA) is 18.5 Å². The Balaban J connectivity index is 2.29. The number of nitrogens with zero attached hydrogens (tertiary/aromatic N) is 2. The maximum atomic E-state index is 3.61. The predicted molar refractivity (Wildman–Crippen MR) is 86.0 cm³/mol. The van der Waals surface area contributed by atoms with Crippen molar-refractivity contribution in [3.8, 4) is 0 Å². The zero-order valence-electron chi connectivity index (χ0n) is 13.0. The first-order valence-corrected chi connectivity index (χ1v) is 8.08. The third kappa shape index (κ3) is 6.04. The van der Waals surface area contributed by atoms with Gasteiger partial charge in [-0.25, -0.2) is 0 Å². The van der Waals surface area contributed by atoms with E-state index in [9.17, 15) is 0 Å². The van der Waals surface area contributed by atoms with E-state index in [0.717, 1.165) is 26.2 Å². The lowest BCUT2D eigenvalue weighted by molar-refractivity contribution is 0.181. The van der Waals surface area contributed by atoms with Crippen molar-refractivity contribution < 1.29 is 0 Å². The highest BCUT2D eigenvalue weighted by Gasteiger charge is 2.13. The Hall–Kier alpha value is -0.420. The van der Waals surface area contributed by atoms with Gasteiger partial charge in [-0.15, -0.1) is 11.3 Å². The van der Waals surface area contributed by atoms with Gasteiger partial charge < -0.3 is 10.2 Å². The molecular formula is C15H29N3S. The first-order valence-electron chi connectivity index (χ1n) is 7.20. The highest BCUT2D eigenvalue weighted by molar-refractivity contribution is 7.10. The molecule has 0 radical (unpaired) electrons. The van der Waals surface area contributed by atoms with Crippen LogP contribution in [0.5, 0.6) is 0 Å². The van der Waals surface area contributed by atoms with Crippen molar-refractivity contribution >= 4 is 11.3 Å². The van der Waals surface area contributed by atoms with E-state index >= 15 is 0 Å². The molecule has 2 atom stereocenters. The van der Waals surface area contributed by atoms with E-state index in [1.54, 1.807) is 0 Å². The molecule has 3 nitrogen and oxygen atoms in total. The number of hydrogen-bond acceptors (Lipinski definition) is 4. The average molecular weight is 283 g/mol. The smallest absolute Gasteiger partial charge is 0.0386 e. The van der Waals surface area contributed by atoms with E-state index in [4.69, 9.17) is 0 Å². The quantitative estimate of drug-likeness (QED) is 0.752. The molecule has 110 valence electrons. The molecule has 0 spiro atoms. The summed E-state index contributed by atoms with van der Waals surface area (Å²) in [5.41, 5.74) is 0. The molecular weight excluding hydrogens is 254 g/mol. The van der Waals surface area contributed by atoms with Crippen LogP contribution in [0, 0.1) is 0 Å². The minimum atomic E-state index is 0.461. The molecule has 4 heteroatoms. The van der Waals surface area contributed by atoms with Crippen molar-refractivity contribution in [2.24, 2.45) is 0 Å². The summed E-state index contributed by atoms with van der Waals surface area (Å²) < 4.78 is 0. The summed E-state index contributed by atoms with van der Waals surface area (Å²) in [6.45, 7) is 11.2. The number of nitrogens with one attached hydrogen (secondary N) is 1. The minimum absolute atomic E-state index is 0.461. The second-order valence-electron chi connectivity index (χ2n) is 5.43. The molecule has 0 aliphatic heterocycles. The Morgan fingerprint density at radius 1 is 1.32 bits per heavy atom.